The molecule has 0 aromatic heterocycles. The molecular weight excluding hydrogens is 222 g/mol. The molecule has 0 aliphatic heterocycles. The highest BCUT2D eigenvalue weighted by atomic mass is 32.2. The number of thioether (sulfide) groups is 1. The van der Waals surface area contributed by atoms with Crippen molar-refractivity contribution in [2.45, 2.75) is 13.5 Å². The summed E-state index contributed by atoms with van der Waals surface area (Å²) in [5.74, 6) is 0.822. The number of hydrogen-bond acceptors (Lipinski definition) is 3. The number of rotatable bonds is 5. The zero-order valence-electron chi connectivity index (χ0n) is 9.56. The Balaban J connectivity index is 2.61. The first-order valence-corrected chi connectivity index (χ1v) is 6.56. The van der Waals surface area contributed by atoms with Gasteiger partial charge in [0, 0.05) is 17.4 Å². The number of aliphatic hydroxyl groups excluding tert-OH is 1. The average Bonchev–Trinajstić information content (AvgIpc) is 2.29. The van der Waals surface area contributed by atoms with Gasteiger partial charge < -0.3 is 10.4 Å². The number of aliphatic hydroxyl groups is 1. The van der Waals surface area contributed by atoms with Gasteiger partial charge in [0.25, 0.3) is 0 Å². The summed E-state index contributed by atoms with van der Waals surface area (Å²) in [7, 11) is 0. The molecule has 0 bridgehead atoms. The molecular formula is C12H17NO2S. The number of carbonyl (C=O) groups is 1. The quantitative estimate of drug-likeness (QED) is 0.827. The molecule has 3 nitrogen and oxygen atoms in total. The van der Waals surface area contributed by atoms with E-state index < -0.39 is 0 Å². The number of hydrogen-bond donors (Lipinski definition) is 2. The normalized spacial score (nSPS) is 12.2. The Kier molecular flexibility index (Phi) is 5.35. The van der Waals surface area contributed by atoms with Gasteiger partial charge in [-0.05, 0) is 24.0 Å². The minimum absolute atomic E-state index is 0.00668. The van der Waals surface area contributed by atoms with E-state index in [-0.39, 0.29) is 18.4 Å². The topological polar surface area (TPSA) is 49.3 Å². The molecule has 88 valence electrons. The summed E-state index contributed by atoms with van der Waals surface area (Å²) in [5.41, 5.74) is 1.54. The number of nitrogens with one attached hydrogen (secondary N) is 1. The van der Waals surface area contributed by atoms with Crippen molar-refractivity contribution in [2.24, 2.45) is 5.92 Å². The Labute approximate surface area is 100 Å². The van der Waals surface area contributed by atoms with Gasteiger partial charge in [-0.25, -0.2) is 0 Å². The molecule has 0 spiro atoms. The minimum atomic E-state index is -0.00985. The third-order valence-corrected chi connectivity index (χ3v) is 3.07. The lowest BCUT2D eigenvalue weighted by Gasteiger charge is -2.11. The van der Waals surface area contributed by atoms with Crippen LogP contribution in [-0.4, -0.2) is 23.0 Å². The molecule has 1 unspecified atom stereocenters. The largest absolute Gasteiger partial charge is 0.392 e. The monoisotopic (exact) mass is 239 g/mol. The number of benzene rings is 1. The zero-order valence-corrected chi connectivity index (χ0v) is 10.4. The molecule has 1 aromatic carbocycles. The van der Waals surface area contributed by atoms with E-state index in [4.69, 9.17) is 5.11 Å². The Morgan fingerprint density at radius 1 is 1.56 bits per heavy atom. The van der Waals surface area contributed by atoms with Crippen molar-refractivity contribution in [3.8, 4) is 0 Å². The average molecular weight is 239 g/mol. The van der Waals surface area contributed by atoms with Crippen molar-refractivity contribution in [1.29, 1.82) is 0 Å². The van der Waals surface area contributed by atoms with Gasteiger partial charge in [-0.15, -0.1) is 0 Å². The predicted molar refractivity (Wildman–Crippen MR) is 68.5 cm³/mol. The fourth-order valence-electron chi connectivity index (χ4n) is 1.34. The molecule has 4 heteroatoms. The van der Waals surface area contributed by atoms with Crippen LogP contribution in [0.1, 0.15) is 12.5 Å². The third-order valence-electron chi connectivity index (χ3n) is 2.24. The van der Waals surface area contributed by atoms with Gasteiger partial charge in [0.05, 0.1) is 6.61 Å². The molecule has 0 aliphatic rings. The van der Waals surface area contributed by atoms with Crippen LogP contribution >= 0.6 is 11.8 Å². The van der Waals surface area contributed by atoms with E-state index in [0.29, 0.717) is 0 Å². The van der Waals surface area contributed by atoms with Crippen molar-refractivity contribution >= 4 is 23.4 Å². The van der Waals surface area contributed by atoms with Crippen LogP contribution in [0.2, 0.25) is 0 Å². The minimum Gasteiger partial charge on any atom is -0.392 e. The highest BCUT2D eigenvalue weighted by Gasteiger charge is 2.11. The fourth-order valence-corrected chi connectivity index (χ4v) is 1.99. The molecule has 0 saturated heterocycles. The van der Waals surface area contributed by atoms with Crippen molar-refractivity contribution in [3.63, 3.8) is 0 Å². The number of amides is 1. The number of carbonyl (C=O) groups excluding carboxylic acids is 1. The Morgan fingerprint density at radius 2 is 2.31 bits per heavy atom. The van der Waals surface area contributed by atoms with E-state index in [2.05, 4.69) is 5.32 Å². The van der Waals surface area contributed by atoms with Crippen LogP contribution in [0.25, 0.3) is 0 Å². The first kappa shape index (κ1) is 13.1. The van der Waals surface area contributed by atoms with Crippen molar-refractivity contribution < 1.29 is 9.90 Å². The second-order valence-electron chi connectivity index (χ2n) is 3.70. The molecule has 2 N–H and O–H groups in total. The summed E-state index contributed by atoms with van der Waals surface area (Å²) >= 11 is 1.66. The highest BCUT2D eigenvalue weighted by molar-refractivity contribution is 7.98. The highest BCUT2D eigenvalue weighted by Crippen LogP contribution is 2.13. The van der Waals surface area contributed by atoms with E-state index in [1.54, 1.807) is 17.8 Å². The van der Waals surface area contributed by atoms with Crippen LogP contribution in [0.4, 0.5) is 5.69 Å². The van der Waals surface area contributed by atoms with Gasteiger partial charge in [0.1, 0.15) is 0 Å². The summed E-state index contributed by atoms with van der Waals surface area (Å²) < 4.78 is 0. The van der Waals surface area contributed by atoms with Gasteiger partial charge >= 0.3 is 0 Å². The second kappa shape index (κ2) is 6.55. The first-order chi connectivity index (χ1) is 7.67. The standard InChI is InChI=1S/C12H17NO2S/c1-9(8-16-2)12(15)13-11-5-3-4-10(6-11)7-14/h3-6,9,14H,7-8H2,1-2H3,(H,13,15). The summed E-state index contributed by atoms with van der Waals surface area (Å²) in [6.45, 7) is 1.89. The molecule has 0 heterocycles. The van der Waals surface area contributed by atoms with Crippen LogP contribution in [0.15, 0.2) is 24.3 Å². The fraction of sp³-hybridized carbons (Fsp3) is 0.417. The first-order valence-electron chi connectivity index (χ1n) is 5.17. The van der Waals surface area contributed by atoms with Gasteiger partial charge in [-0.1, -0.05) is 19.1 Å². The number of anilines is 1. The van der Waals surface area contributed by atoms with E-state index in [1.165, 1.54) is 0 Å². The summed E-state index contributed by atoms with van der Waals surface area (Å²) in [4.78, 5) is 11.7. The molecule has 1 aromatic rings. The van der Waals surface area contributed by atoms with Gasteiger partial charge in [0.15, 0.2) is 0 Å². The van der Waals surface area contributed by atoms with Gasteiger partial charge in [0.2, 0.25) is 5.91 Å². The molecule has 0 saturated carbocycles. The van der Waals surface area contributed by atoms with Crippen LogP contribution in [0, 0.1) is 5.92 Å². The summed E-state index contributed by atoms with van der Waals surface area (Å²) in [6.07, 6.45) is 1.98. The van der Waals surface area contributed by atoms with Crippen molar-refractivity contribution in [2.75, 3.05) is 17.3 Å². The van der Waals surface area contributed by atoms with E-state index >= 15 is 0 Å². The second-order valence-corrected chi connectivity index (χ2v) is 4.61. The lowest BCUT2D eigenvalue weighted by molar-refractivity contribution is -0.118. The summed E-state index contributed by atoms with van der Waals surface area (Å²) in [5, 5.41) is 11.8. The predicted octanol–water partition coefficient (Wildman–Crippen LogP) is 2.12. The van der Waals surface area contributed by atoms with Crippen LogP contribution in [0.3, 0.4) is 0 Å². The molecule has 0 aliphatic carbocycles. The molecule has 16 heavy (non-hydrogen) atoms. The SMILES string of the molecule is CSCC(C)C(=O)Nc1cccc(CO)c1. The van der Waals surface area contributed by atoms with Gasteiger partial charge in [-0.2, -0.15) is 11.8 Å². The van der Waals surface area contributed by atoms with Crippen LogP contribution in [0.5, 0.6) is 0 Å². The Bertz CT molecular complexity index is 355. The lowest BCUT2D eigenvalue weighted by Crippen LogP contribution is -2.22. The Morgan fingerprint density at radius 3 is 2.94 bits per heavy atom. The maximum atomic E-state index is 11.7. The molecule has 0 radical (unpaired) electrons. The maximum absolute atomic E-state index is 11.7. The van der Waals surface area contributed by atoms with E-state index in [9.17, 15) is 4.79 Å². The lowest BCUT2D eigenvalue weighted by atomic mass is 10.1. The zero-order chi connectivity index (χ0) is 12.0. The van der Waals surface area contributed by atoms with Crippen molar-refractivity contribution in [1.82, 2.24) is 0 Å². The van der Waals surface area contributed by atoms with Crippen molar-refractivity contribution in [3.05, 3.63) is 29.8 Å². The molecule has 1 atom stereocenters. The summed E-state index contributed by atoms with van der Waals surface area (Å²) in [6, 6.07) is 7.24. The van der Waals surface area contributed by atoms with E-state index in [0.717, 1.165) is 17.0 Å². The Hall–Kier alpha value is -1.00. The maximum Gasteiger partial charge on any atom is 0.228 e. The third kappa shape index (κ3) is 3.87. The van der Waals surface area contributed by atoms with Gasteiger partial charge in [-0.3, -0.25) is 4.79 Å². The smallest absolute Gasteiger partial charge is 0.228 e. The van der Waals surface area contributed by atoms with E-state index in [1.807, 2.05) is 31.4 Å². The molecule has 1 amide bonds. The molecule has 0 fully saturated rings. The van der Waals surface area contributed by atoms with Crippen LogP contribution in [-0.2, 0) is 11.4 Å². The molecule has 1 rings (SSSR count). The van der Waals surface area contributed by atoms with Crippen LogP contribution < -0.4 is 5.32 Å².